The predicted octanol–water partition coefficient (Wildman–Crippen LogP) is 0.460. The second-order valence-corrected chi connectivity index (χ2v) is 6.06. The first kappa shape index (κ1) is 13.5. The topological polar surface area (TPSA) is 81.4 Å². The van der Waals surface area contributed by atoms with Crippen LogP contribution in [0.3, 0.4) is 0 Å². The summed E-state index contributed by atoms with van der Waals surface area (Å²) in [5.74, 6) is 0.281. The molecule has 1 aliphatic rings. The molecule has 0 aliphatic carbocycles. The summed E-state index contributed by atoms with van der Waals surface area (Å²) < 4.78 is 28.9. The molecule has 5 nitrogen and oxygen atoms in total. The fourth-order valence-corrected chi connectivity index (χ4v) is 2.88. The first-order valence-electron chi connectivity index (χ1n) is 6.01. The van der Waals surface area contributed by atoms with Crippen LogP contribution in [0.15, 0.2) is 29.2 Å². The Labute approximate surface area is 107 Å². The van der Waals surface area contributed by atoms with Gasteiger partial charge in [0, 0.05) is 13.1 Å². The van der Waals surface area contributed by atoms with E-state index in [2.05, 4.69) is 5.32 Å². The molecule has 1 aromatic carbocycles. The van der Waals surface area contributed by atoms with Crippen LogP contribution < -0.4 is 11.1 Å². The molecule has 1 aromatic rings. The summed E-state index contributed by atoms with van der Waals surface area (Å²) in [7, 11) is -3.64. The molecule has 0 bridgehead atoms. The minimum Gasteiger partial charge on any atom is -0.326 e. The third-order valence-electron chi connectivity index (χ3n) is 3.07. The third-order valence-corrected chi connectivity index (χ3v) is 4.36. The maximum absolute atomic E-state index is 11.9. The molecule has 0 radical (unpaired) electrons. The van der Waals surface area contributed by atoms with Gasteiger partial charge in [-0.1, -0.05) is 12.1 Å². The summed E-state index contributed by atoms with van der Waals surface area (Å²) in [6, 6.07) is 6.47. The molecule has 0 aromatic heterocycles. The Bertz CT molecular complexity index is 479. The van der Waals surface area contributed by atoms with E-state index in [4.69, 9.17) is 9.92 Å². The van der Waals surface area contributed by atoms with Crippen molar-refractivity contribution >= 4 is 10.1 Å². The number of nitrogens with two attached hydrogens (primary N) is 1. The quantitative estimate of drug-likeness (QED) is 0.760. The Kier molecular flexibility index (Phi) is 4.34. The highest BCUT2D eigenvalue weighted by atomic mass is 32.2. The van der Waals surface area contributed by atoms with Crippen molar-refractivity contribution in [1.82, 2.24) is 5.32 Å². The van der Waals surface area contributed by atoms with E-state index < -0.39 is 10.1 Å². The first-order chi connectivity index (χ1) is 8.62. The van der Waals surface area contributed by atoms with Gasteiger partial charge in [0.05, 0.1) is 11.5 Å². The largest absolute Gasteiger partial charge is 0.326 e. The Morgan fingerprint density at radius 2 is 2.06 bits per heavy atom. The van der Waals surface area contributed by atoms with Crippen molar-refractivity contribution in [3.8, 4) is 0 Å². The van der Waals surface area contributed by atoms with Gasteiger partial charge in [-0.25, -0.2) is 0 Å². The average Bonchev–Trinajstić information content (AvgIpc) is 2.90. The molecule has 0 amide bonds. The van der Waals surface area contributed by atoms with E-state index in [0.717, 1.165) is 25.1 Å². The van der Waals surface area contributed by atoms with Crippen LogP contribution in [0, 0.1) is 5.92 Å². The van der Waals surface area contributed by atoms with Gasteiger partial charge in [-0.05, 0) is 36.6 Å². The smallest absolute Gasteiger partial charge is 0.296 e. The van der Waals surface area contributed by atoms with Crippen LogP contribution >= 0.6 is 0 Å². The summed E-state index contributed by atoms with van der Waals surface area (Å²) in [5.41, 5.74) is 6.36. The van der Waals surface area contributed by atoms with Crippen LogP contribution in [0.1, 0.15) is 12.0 Å². The number of hydrogen-bond acceptors (Lipinski definition) is 5. The van der Waals surface area contributed by atoms with Crippen molar-refractivity contribution in [3.05, 3.63) is 29.8 Å². The average molecular weight is 270 g/mol. The van der Waals surface area contributed by atoms with Gasteiger partial charge in [-0.3, -0.25) is 4.18 Å². The van der Waals surface area contributed by atoms with Crippen LogP contribution in [0.4, 0.5) is 0 Å². The number of benzene rings is 1. The Hall–Kier alpha value is -0.950. The lowest BCUT2D eigenvalue weighted by Gasteiger charge is -2.10. The van der Waals surface area contributed by atoms with E-state index >= 15 is 0 Å². The molecule has 100 valence electrons. The lowest BCUT2D eigenvalue weighted by molar-refractivity contribution is 0.264. The van der Waals surface area contributed by atoms with Crippen LogP contribution in [0.25, 0.3) is 0 Å². The zero-order valence-corrected chi connectivity index (χ0v) is 10.9. The van der Waals surface area contributed by atoms with Crippen molar-refractivity contribution in [3.63, 3.8) is 0 Å². The second kappa shape index (κ2) is 5.79. The van der Waals surface area contributed by atoms with Crippen LogP contribution in [0.2, 0.25) is 0 Å². The molecule has 18 heavy (non-hydrogen) atoms. The molecule has 0 spiro atoms. The van der Waals surface area contributed by atoms with Crippen molar-refractivity contribution in [2.75, 3.05) is 19.7 Å². The first-order valence-corrected chi connectivity index (χ1v) is 7.42. The minimum absolute atomic E-state index is 0.186. The molecular formula is C12H18N2O3S. The van der Waals surface area contributed by atoms with Crippen LogP contribution in [-0.2, 0) is 20.8 Å². The highest BCUT2D eigenvalue weighted by Gasteiger charge is 2.20. The molecule has 1 aliphatic heterocycles. The molecule has 0 saturated carbocycles. The number of nitrogens with one attached hydrogen (secondary N) is 1. The maximum atomic E-state index is 11.9. The summed E-state index contributed by atoms with van der Waals surface area (Å²) in [4.78, 5) is 0.186. The third kappa shape index (κ3) is 3.29. The van der Waals surface area contributed by atoms with Gasteiger partial charge in [0.15, 0.2) is 0 Å². The Balaban J connectivity index is 2.00. The zero-order valence-electron chi connectivity index (χ0n) is 10.1. The molecule has 1 saturated heterocycles. The van der Waals surface area contributed by atoms with Crippen molar-refractivity contribution in [1.29, 1.82) is 0 Å². The van der Waals surface area contributed by atoms with Gasteiger partial charge in [-0.15, -0.1) is 0 Å². The van der Waals surface area contributed by atoms with Gasteiger partial charge in [0.1, 0.15) is 0 Å². The fraction of sp³-hybridized carbons (Fsp3) is 0.500. The van der Waals surface area contributed by atoms with E-state index in [9.17, 15) is 8.42 Å². The SMILES string of the molecule is NCc1ccc(S(=O)(=O)OCC2CCNC2)cc1. The van der Waals surface area contributed by atoms with Crippen molar-refractivity contribution in [2.24, 2.45) is 11.7 Å². The van der Waals surface area contributed by atoms with E-state index in [1.165, 1.54) is 12.1 Å². The van der Waals surface area contributed by atoms with Crippen LogP contribution in [-0.4, -0.2) is 28.1 Å². The van der Waals surface area contributed by atoms with Crippen LogP contribution in [0.5, 0.6) is 0 Å². The summed E-state index contributed by atoms with van der Waals surface area (Å²) in [5, 5.41) is 3.17. The molecule has 1 heterocycles. The molecule has 2 rings (SSSR count). The zero-order chi connectivity index (χ0) is 13.0. The lowest BCUT2D eigenvalue weighted by Crippen LogP contribution is -2.17. The monoisotopic (exact) mass is 270 g/mol. The highest BCUT2D eigenvalue weighted by molar-refractivity contribution is 7.86. The summed E-state index contributed by atoms with van der Waals surface area (Å²) >= 11 is 0. The lowest BCUT2D eigenvalue weighted by atomic mass is 10.1. The van der Waals surface area contributed by atoms with E-state index in [0.29, 0.717) is 6.54 Å². The predicted molar refractivity (Wildman–Crippen MR) is 68.4 cm³/mol. The second-order valence-electron chi connectivity index (χ2n) is 4.45. The van der Waals surface area contributed by atoms with E-state index in [1.54, 1.807) is 12.1 Å². The van der Waals surface area contributed by atoms with E-state index in [1.807, 2.05) is 0 Å². The van der Waals surface area contributed by atoms with E-state index in [-0.39, 0.29) is 17.4 Å². The standard InChI is InChI=1S/C12H18N2O3S/c13-7-10-1-3-12(4-2-10)18(15,16)17-9-11-5-6-14-8-11/h1-4,11,14H,5-9,13H2. The fourth-order valence-electron chi connectivity index (χ4n) is 1.90. The number of rotatable bonds is 5. The molecule has 1 unspecified atom stereocenters. The normalized spacial score (nSPS) is 20.2. The molecule has 3 N–H and O–H groups in total. The highest BCUT2D eigenvalue weighted by Crippen LogP contribution is 2.16. The van der Waals surface area contributed by atoms with Crippen molar-refractivity contribution in [2.45, 2.75) is 17.9 Å². The number of hydrogen-bond donors (Lipinski definition) is 2. The van der Waals surface area contributed by atoms with Gasteiger partial charge < -0.3 is 11.1 Å². The Morgan fingerprint density at radius 1 is 1.33 bits per heavy atom. The Morgan fingerprint density at radius 3 is 2.61 bits per heavy atom. The molecule has 1 fully saturated rings. The van der Waals surface area contributed by atoms with Gasteiger partial charge in [-0.2, -0.15) is 8.42 Å². The summed E-state index contributed by atoms with van der Waals surface area (Å²) in [6.45, 7) is 2.39. The van der Waals surface area contributed by atoms with Gasteiger partial charge in [0.25, 0.3) is 10.1 Å². The molecular weight excluding hydrogens is 252 g/mol. The van der Waals surface area contributed by atoms with Gasteiger partial charge >= 0.3 is 0 Å². The molecule has 1 atom stereocenters. The summed E-state index contributed by atoms with van der Waals surface area (Å²) in [6.07, 6.45) is 0.960. The minimum atomic E-state index is -3.64. The van der Waals surface area contributed by atoms with Crippen molar-refractivity contribution < 1.29 is 12.6 Å². The van der Waals surface area contributed by atoms with Gasteiger partial charge in [0.2, 0.25) is 0 Å². The maximum Gasteiger partial charge on any atom is 0.296 e. The molecule has 6 heteroatoms.